The number of amides is 1. The zero-order chi connectivity index (χ0) is 17.4. The van der Waals surface area contributed by atoms with Crippen molar-refractivity contribution in [1.82, 2.24) is 10.2 Å². The molecule has 1 aromatic heterocycles. The molecule has 1 saturated carbocycles. The smallest absolute Gasteiger partial charge is 0.249 e. The lowest BCUT2D eigenvalue weighted by Crippen LogP contribution is -2.51. The van der Waals surface area contributed by atoms with Gasteiger partial charge in [0.1, 0.15) is 6.10 Å². The number of rotatable bonds is 5. The molecule has 3 fully saturated rings. The van der Waals surface area contributed by atoms with Crippen molar-refractivity contribution in [2.24, 2.45) is 11.8 Å². The largest absolute Gasteiger partial charge is 0.362 e. The van der Waals surface area contributed by atoms with Crippen LogP contribution in [-0.2, 0) is 16.1 Å². The first kappa shape index (κ1) is 17.5. The number of carbonyl (C=O) groups is 1. The first-order chi connectivity index (χ1) is 12.0. The number of carbonyl (C=O) groups excluding carboxylic acids is 1. The van der Waals surface area contributed by atoms with Crippen LogP contribution in [0.3, 0.4) is 0 Å². The number of piperidine rings is 1. The molecule has 3 aliphatic rings. The number of nitrogens with one attached hydrogen (secondary N) is 1. The maximum Gasteiger partial charge on any atom is 0.249 e. The summed E-state index contributed by atoms with van der Waals surface area (Å²) in [7, 11) is 0. The lowest BCUT2D eigenvalue weighted by atomic mass is 9.80. The van der Waals surface area contributed by atoms with Crippen LogP contribution in [0.4, 0.5) is 0 Å². The average molecular weight is 363 g/mol. The zero-order valence-electron chi connectivity index (χ0n) is 15.4. The van der Waals surface area contributed by atoms with Gasteiger partial charge in [-0.15, -0.1) is 11.3 Å². The minimum Gasteiger partial charge on any atom is -0.362 e. The molecule has 1 N–H and O–H groups in total. The fraction of sp³-hybridized carbons (Fsp3) is 0.750. The number of thiophene rings is 1. The second-order valence-corrected chi connectivity index (χ2v) is 9.67. The van der Waals surface area contributed by atoms with Gasteiger partial charge in [-0.3, -0.25) is 9.69 Å². The maximum atomic E-state index is 12.4. The Balaban J connectivity index is 1.30. The second kappa shape index (κ2) is 7.01. The Morgan fingerprint density at radius 1 is 1.36 bits per heavy atom. The molecule has 4 nitrogen and oxygen atoms in total. The summed E-state index contributed by atoms with van der Waals surface area (Å²) in [5.41, 5.74) is -0.0799. The van der Waals surface area contributed by atoms with Gasteiger partial charge >= 0.3 is 0 Å². The lowest BCUT2D eigenvalue weighted by molar-refractivity contribution is -0.147. The van der Waals surface area contributed by atoms with Gasteiger partial charge in [0, 0.05) is 35.9 Å². The van der Waals surface area contributed by atoms with Gasteiger partial charge in [0.2, 0.25) is 5.91 Å². The van der Waals surface area contributed by atoms with Crippen molar-refractivity contribution >= 4 is 17.2 Å². The molecule has 138 valence electrons. The maximum absolute atomic E-state index is 12.4. The van der Waals surface area contributed by atoms with E-state index in [0.717, 1.165) is 51.4 Å². The molecule has 2 aliphatic heterocycles. The molecule has 3 heterocycles. The molecule has 1 spiro atoms. The topological polar surface area (TPSA) is 41.6 Å². The lowest BCUT2D eigenvalue weighted by Gasteiger charge is -2.44. The Hall–Kier alpha value is -0.910. The Morgan fingerprint density at radius 2 is 2.20 bits per heavy atom. The molecular formula is C20H30N2O2S. The third-order valence-electron chi connectivity index (χ3n) is 6.22. The summed E-state index contributed by atoms with van der Waals surface area (Å²) in [6, 6.07) is 4.46. The first-order valence-corrected chi connectivity index (χ1v) is 10.6. The molecule has 0 bridgehead atoms. The van der Waals surface area contributed by atoms with Gasteiger partial charge in [0.15, 0.2) is 0 Å². The van der Waals surface area contributed by atoms with Gasteiger partial charge in [-0.2, -0.15) is 0 Å². The predicted octanol–water partition coefficient (Wildman–Crippen LogP) is 3.34. The number of aryl methyl sites for hydroxylation is 1. The highest BCUT2D eigenvalue weighted by atomic mass is 32.1. The molecule has 1 aromatic rings. The Labute approximate surface area is 154 Å². The molecule has 1 unspecified atom stereocenters. The van der Waals surface area contributed by atoms with Crippen LogP contribution in [0.25, 0.3) is 0 Å². The Bertz CT molecular complexity index is 627. The van der Waals surface area contributed by atoms with Crippen LogP contribution < -0.4 is 5.32 Å². The van der Waals surface area contributed by atoms with Gasteiger partial charge in [-0.1, -0.05) is 6.92 Å². The van der Waals surface area contributed by atoms with E-state index in [9.17, 15) is 4.79 Å². The van der Waals surface area contributed by atoms with E-state index in [1.165, 1.54) is 22.6 Å². The van der Waals surface area contributed by atoms with E-state index in [-0.39, 0.29) is 17.6 Å². The summed E-state index contributed by atoms with van der Waals surface area (Å²) in [5.74, 6) is 1.32. The summed E-state index contributed by atoms with van der Waals surface area (Å²) in [6.07, 6.45) is 5.27. The summed E-state index contributed by atoms with van der Waals surface area (Å²) < 4.78 is 6.38. The second-order valence-electron chi connectivity index (χ2n) is 8.30. The third kappa shape index (κ3) is 3.93. The van der Waals surface area contributed by atoms with E-state index >= 15 is 0 Å². The van der Waals surface area contributed by atoms with Crippen molar-refractivity contribution in [3.05, 3.63) is 21.9 Å². The molecular weight excluding hydrogens is 332 g/mol. The van der Waals surface area contributed by atoms with Crippen LogP contribution in [0.5, 0.6) is 0 Å². The zero-order valence-corrected chi connectivity index (χ0v) is 16.2. The SMILES string of the molecule is Cc1ccc(CN2CC[C@]3(CCC(C(=O)NCC4CC4)O3)[C@@H](C)C2)s1. The average Bonchev–Trinajstić information content (AvgIpc) is 3.18. The highest BCUT2D eigenvalue weighted by Gasteiger charge is 2.48. The van der Waals surface area contributed by atoms with Gasteiger partial charge < -0.3 is 10.1 Å². The normalized spacial score (nSPS) is 33.0. The summed E-state index contributed by atoms with van der Waals surface area (Å²) in [6.45, 7) is 8.49. The van der Waals surface area contributed by atoms with Crippen molar-refractivity contribution in [3.8, 4) is 0 Å². The number of likely N-dealkylation sites (tertiary alicyclic amines) is 1. The molecule has 1 amide bonds. The van der Waals surface area contributed by atoms with Crippen LogP contribution in [0.15, 0.2) is 12.1 Å². The van der Waals surface area contributed by atoms with E-state index in [4.69, 9.17) is 4.74 Å². The molecule has 5 heteroatoms. The fourth-order valence-electron chi connectivity index (χ4n) is 4.36. The molecule has 0 radical (unpaired) electrons. The fourth-order valence-corrected chi connectivity index (χ4v) is 5.29. The van der Waals surface area contributed by atoms with Crippen LogP contribution >= 0.6 is 11.3 Å². The van der Waals surface area contributed by atoms with Crippen LogP contribution in [0, 0.1) is 18.8 Å². The van der Waals surface area contributed by atoms with E-state index in [2.05, 4.69) is 36.2 Å². The van der Waals surface area contributed by atoms with E-state index in [0.29, 0.717) is 5.92 Å². The number of nitrogens with zero attached hydrogens (tertiary/aromatic N) is 1. The van der Waals surface area contributed by atoms with Crippen molar-refractivity contribution in [3.63, 3.8) is 0 Å². The van der Waals surface area contributed by atoms with Crippen molar-refractivity contribution < 1.29 is 9.53 Å². The Morgan fingerprint density at radius 3 is 2.88 bits per heavy atom. The first-order valence-electron chi connectivity index (χ1n) is 9.77. The van der Waals surface area contributed by atoms with E-state index < -0.39 is 0 Å². The van der Waals surface area contributed by atoms with Crippen molar-refractivity contribution in [2.45, 2.75) is 64.2 Å². The quantitative estimate of drug-likeness (QED) is 0.873. The molecule has 2 saturated heterocycles. The standard InChI is InChI=1S/C20H30N2O2S/c1-14-12-22(13-17-6-3-15(2)25-17)10-9-20(14)8-7-18(24-20)19(23)21-11-16-4-5-16/h3,6,14,16,18H,4-5,7-13H2,1-2H3,(H,21,23)/t14-,18?,20+/m0/s1. The minimum absolute atomic E-state index is 0.0799. The monoisotopic (exact) mass is 362 g/mol. The van der Waals surface area contributed by atoms with E-state index in [1.54, 1.807) is 0 Å². The molecule has 0 aromatic carbocycles. The van der Waals surface area contributed by atoms with E-state index in [1.807, 2.05) is 11.3 Å². The van der Waals surface area contributed by atoms with Crippen LogP contribution in [0.1, 0.15) is 48.8 Å². The third-order valence-corrected chi connectivity index (χ3v) is 7.20. The van der Waals surface area contributed by atoms with Gasteiger partial charge in [0.25, 0.3) is 0 Å². The van der Waals surface area contributed by atoms with Gasteiger partial charge in [0.05, 0.1) is 5.60 Å². The molecule has 3 atom stereocenters. The Kier molecular flexibility index (Phi) is 4.91. The van der Waals surface area contributed by atoms with Crippen LogP contribution in [-0.4, -0.2) is 42.1 Å². The summed E-state index contributed by atoms with van der Waals surface area (Å²) in [5, 5.41) is 3.09. The number of hydrogen-bond donors (Lipinski definition) is 1. The molecule has 1 aliphatic carbocycles. The van der Waals surface area contributed by atoms with Gasteiger partial charge in [-0.05, 0) is 63.0 Å². The molecule has 25 heavy (non-hydrogen) atoms. The van der Waals surface area contributed by atoms with Crippen molar-refractivity contribution in [2.75, 3.05) is 19.6 Å². The molecule has 4 rings (SSSR count). The predicted molar refractivity (Wildman–Crippen MR) is 101 cm³/mol. The number of hydrogen-bond acceptors (Lipinski definition) is 4. The highest BCUT2D eigenvalue weighted by molar-refractivity contribution is 7.11. The summed E-state index contributed by atoms with van der Waals surface area (Å²) in [4.78, 5) is 17.8. The summed E-state index contributed by atoms with van der Waals surface area (Å²) >= 11 is 1.90. The van der Waals surface area contributed by atoms with Gasteiger partial charge in [-0.25, -0.2) is 0 Å². The highest BCUT2D eigenvalue weighted by Crippen LogP contribution is 2.42. The van der Waals surface area contributed by atoms with Crippen LogP contribution in [0.2, 0.25) is 0 Å². The minimum atomic E-state index is -0.229. The van der Waals surface area contributed by atoms with Crippen molar-refractivity contribution in [1.29, 1.82) is 0 Å². The number of ether oxygens (including phenoxy) is 1.